The molecule has 1 aromatic carbocycles. The highest BCUT2D eigenvalue weighted by atomic mass is 35.5. The average molecular weight is 417 g/mol. The van der Waals surface area contributed by atoms with Crippen molar-refractivity contribution >= 4 is 48.0 Å². The monoisotopic (exact) mass is 416 g/mol. The molecule has 2 amide bonds. The molecule has 27 heavy (non-hydrogen) atoms. The number of amides is 2. The summed E-state index contributed by atoms with van der Waals surface area (Å²) >= 11 is 0. The third-order valence-electron chi connectivity index (χ3n) is 4.98. The van der Waals surface area contributed by atoms with Gasteiger partial charge in [-0.05, 0) is 63.0 Å². The number of nitrogens with two attached hydrogens (primary N) is 1. The number of rotatable bonds is 5. The normalized spacial score (nSPS) is 18.7. The second-order valence-electron chi connectivity index (χ2n) is 7.28. The summed E-state index contributed by atoms with van der Waals surface area (Å²) in [6, 6.07) is 7.18. The van der Waals surface area contributed by atoms with Gasteiger partial charge in [-0.25, -0.2) is 0 Å². The Morgan fingerprint density at radius 1 is 0.889 bits per heavy atom. The molecule has 152 valence electrons. The summed E-state index contributed by atoms with van der Waals surface area (Å²) in [4.78, 5) is 26.4. The summed E-state index contributed by atoms with van der Waals surface area (Å²) in [7, 11) is 0. The third-order valence-corrected chi connectivity index (χ3v) is 4.98. The minimum atomic E-state index is -0.682. The number of hydrogen-bond donors (Lipinski definition) is 3. The van der Waals surface area contributed by atoms with E-state index in [0.29, 0.717) is 12.2 Å². The molecular formula is C19H30Cl2N4O2. The fourth-order valence-electron chi connectivity index (χ4n) is 3.13. The molecule has 8 heteroatoms. The van der Waals surface area contributed by atoms with Crippen LogP contribution >= 0.6 is 24.8 Å². The van der Waals surface area contributed by atoms with Crippen LogP contribution in [0, 0.1) is 0 Å². The van der Waals surface area contributed by atoms with E-state index in [4.69, 9.17) is 5.73 Å². The van der Waals surface area contributed by atoms with Crippen LogP contribution in [0.2, 0.25) is 0 Å². The first kappa shape index (κ1) is 23.7. The Morgan fingerprint density at radius 2 is 1.37 bits per heavy atom. The van der Waals surface area contributed by atoms with Gasteiger partial charge in [0.25, 0.3) is 0 Å². The van der Waals surface area contributed by atoms with Crippen molar-refractivity contribution in [2.75, 3.05) is 30.3 Å². The van der Waals surface area contributed by atoms with Crippen molar-refractivity contribution in [2.24, 2.45) is 5.73 Å². The predicted octanol–water partition coefficient (Wildman–Crippen LogP) is 3.16. The Bertz CT molecular complexity index is 613. The maximum atomic E-state index is 12.2. The topological polar surface area (TPSA) is 87.5 Å². The van der Waals surface area contributed by atoms with Gasteiger partial charge < -0.3 is 16.4 Å². The van der Waals surface area contributed by atoms with Crippen LogP contribution in [-0.2, 0) is 9.59 Å². The molecule has 1 saturated heterocycles. The molecule has 1 aromatic rings. The van der Waals surface area contributed by atoms with E-state index in [9.17, 15) is 9.59 Å². The van der Waals surface area contributed by atoms with Gasteiger partial charge in [-0.1, -0.05) is 19.3 Å². The molecule has 1 saturated carbocycles. The molecule has 0 bridgehead atoms. The van der Waals surface area contributed by atoms with Crippen molar-refractivity contribution in [1.82, 2.24) is 4.90 Å². The molecule has 1 aliphatic heterocycles. The van der Waals surface area contributed by atoms with E-state index in [0.717, 1.165) is 31.6 Å². The summed E-state index contributed by atoms with van der Waals surface area (Å²) in [5, 5.41) is 5.75. The number of likely N-dealkylation sites (tertiary alicyclic amines) is 1. The molecule has 0 aromatic heterocycles. The Balaban J connectivity index is 0.00000182. The Hall–Kier alpha value is -1.34. The van der Waals surface area contributed by atoms with Crippen LogP contribution in [-0.4, -0.2) is 41.9 Å². The largest absolute Gasteiger partial charge is 0.325 e. The molecule has 2 aliphatic rings. The zero-order chi connectivity index (χ0) is 17.7. The molecule has 1 heterocycles. The third kappa shape index (κ3) is 7.30. The lowest BCUT2D eigenvalue weighted by Crippen LogP contribution is -2.37. The van der Waals surface area contributed by atoms with Crippen molar-refractivity contribution in [1.29, 1.82) is 0 Å². The van der Waals surface area contributed by atoms with E-state index >= 15 is 0 Å². The standard InChI is InChI=1S/C19H28N4O2.2ClH/c20-19(10-11-19)18(25)22-16-8-6-15(7-9-16)21-17(24)14-23-12-4-2-1-3-5-13-23;;/h6-9H,1-5,10-14,20H2,(H,21,24)(H,22,25);2*1H. The summed E-state index contributed by atoms with van der Waals surface area (Å²) < 4.78 is 0. The van der Waals surface area contributed by atoms with Gasteiger partial charge in [0.05, 0.1) is 12.1 Å². The maximum Gasteiger partial charge on any atom is 0.244 e. The van der Waals surface area contributed by atoms with Crippen LogP contribution in [0.15, 0.2) is 24.3 Å². The summed E-state index contributed by atoms with van der Waals surface area (Å²) in [6.45, 7) is 2.44. The minimum Gasteiger partial charge on any atom is -0.325 e. The van der Waals surface area contributed by atoms with Gasteiger partial charge in [-0.15, -0.1) is 24.8 Å². The van der Waals surface area contributed by atoms with Crippen LogP contribution in [0.4, 0.5) is 11.4 Å². The van der Waals surface area contributed by atoms with Gasteiger partial charge in [0.15, 0.2) is 0 Å². The number of nitrogens with one attached hydrogen (secondary N) is 2. The maximum absolute atomic E-state index is 12.2. The van der Waals surface area contributed by atoms with Crippen LogP contribution in [0.1, 0.15) is 44.9 Å². The van der Waals surface area contributed by atoms with E-state index < -0.39 is 5.54 Å². The lowest BCUT2D eigenvalue weighted by molar-refractivity contribution is -0.118. The highest BCUT2D eigenvalue weighted by Crippen LogP contribution is 2.33. The number of nitrogens with zero attached hydrogens (tertiary/aromatic N) is 1. The molecule has 2 fully saturated rings. The van der Waals surface area contributed by atoms with Gasteiger partial charge in [0.2, 0.25) is 11.8 Å². The molecule has 0 unspecified atom stereocenters. The van der Waals surface area contributed by atoms with Gasteiger partial charge in [-0.2, -0.15) is 0 Å². The van der Waals surface area contributed by atoms with Crippen molar-refractivity contribution in [2.45, 2.75) is 50.5 Å². The molecule has 6 nitrogen and oxygen atoms in total. The number of carbonyl (C=O) groups is 2. The fraction of sp³-hybridized carbons (Fsp3) is 0.579. The molecule has 0 radical (unpaired) electrons. The van der Waals surface area contributed by atoms with E-state index in [1.165, 1.54) is 32.1 Å². The second kappa shape index (κ2) is 10.9. The van der Waals surface area contributed by atoms with Gasteiger partial charge >= 0.3 is 0 Å². The number of anilines is 2. The first-order valence-corrected chi connectivity index (χ1v) is 9.28. The molecule has 1 aliphatic carbocycles. The fourth-order valence-corrected chi connectivity index (χ4v) is 3.13. The first-order chi connectivity index (χ1) is 12.0. The number of hydrogen-bond acceptors (Lipinski definition) is 4. The zero-order valence-electron chi connectivity index (χ0n) is 15.5. The molecule has 0 atom stereocenters. The second-order valence-corrected chi connectivity index (χ2v) is 7.28. The molecule has 4 N–H and O–H groups in total. The molecular weight excluding hydrogens is 387 g/mol. The average Bonchev–Trinajstić information content (AvgIpc) is 3.31. The summed E-state index contributed by atoms with van der Waals surface area (Å²) in [5.74, 6) is -0.127. The molecule has 3 rings (SSSR count). The van der Waals surface area contributed by atoms with Crippen LogP contribution in [0.3, 0.4) is 0 Å². The Labute approximate surface area is 173 Å². The van der Waals surface area contributed by atoms with Crippen molar-refractivity contribution in [3.63, 3.8) is 0 Å². The number of halogens is 2. The number of benzene rings is 1. The van der Waals surface area contributed by atoms with Crippen molar-refractivity contribution in [3.8, 4) is 0 Å². The van der Waals surface area contributed by atoms with Crippen LogP contribution in [0.5, 0.6) is 0 Å². The van der Waals surface area contributed by atoms with Gasteiger partial charge in [0, 0.05) is 11.4 Å². The van der Waals surface area contributed by atoms with E-state index in [1.54, 1.807) is 24.3 Å². The summed E-state index contributed by atoms with van der Waals surface area (Å²) in [5.41, 5.74) is 6.63. The van der Waals surface area contributed by atoms with Crippen LogP contribution < -0.4 is 16.4 Å². The van der Waals surface area contributed by atoms with Crippen LogP contribution in [0.25, 0.3) is 0 Å². The van der Waals surface area contributed by atoms with Gasteiger partial charge in [0.1, 0.15) is 0 Å². The smallest absolute Gasteiger partial charge is 0.244 e. The van der Waals surface area contributed by atoms with E-state index in [1.807, 2.05) is 0 Å². The van der Waals surface area contributed by atoms with Gasteiger partial charge in [-0.3, -0.25) is 14.5 Å². The lowest BCUT2D eigenvalue weighted by atomic mass is 10.1. The Kier molecular flexibility index (Phi) is 9.53. The van der Waals surface area contributed by atoms with E-state index in [2.05, 4.69) is 15.5 Å². The first-order valence-electron chi connectivity index (χ1n) is 9.28. The lowest BCUT2D eigenvalue weighted by Gasteiger charge is -2.23. The van der Waals surface area contributed by atoms with Crippen molar-refractivity contribution < 1.29 is 9.59 Å². The molecule has 0 spiro atoms. The number of carbonyl (C=O) groups excluding carboxylic acids is 2. The van der Waals surface area contributed by atoms with E-state index in [-0.39, 0.29) is 36.6 Å². The highest BCUT2D eigenvalue weighted by Gasteiger charge is 2.45. The highest BCUT2D eigenvalue weighted by molar-refractivity contribution is 6.00. The predicted molar refractivity (Wildman–Crippen MR) is 114 cm³/mol. The zero-order valence-corrected chi connectivity index (χ0v) is 17.2. The SMILES string of the molecule is Cl.Cl.NC1(C(=O)Nc2ccc(NC(=O)CN3CCCCCCC3)cc2)CC1. The Morgan fingerprint density at radius 3 is 1.89 bits per heavy atom. The minimum absolute atomic E-state index is 0. The van der Waals surface area contributed by atoms with Crippen molar-refractivity contribution in [3.05, 3.63) is 24.3 Å². The summed E-state index contributed by atoms with van der Waals surface area (Å²) in [6.07, 6.45) is 7.65. The quantitative estimate of drug-likeness (QED) is 0.687.